The number of alkyl halides is 1. The third kappa shape index (κ3) is 3.61. The quantitative estimate of drug-likeness (QED) is 0.424. The first kappa shape index (κ1) is 21.7. The van der Waals surface area contributed by atoms with Crippen molar-refractivity contribution in [2.75, 3.05) is 17.8 Å². The minimum absolute atomic E-state index is 0.0376. The molecule has 3 heterocycles. The Morgan fingerprint density at radius 1 is 1.30 bits per heavy atom. The summed E-state index contributed by atoms with van der Waals surface area (Å²) in [5.74, 6) is -1.90. The first-order valence-corrected chi connectivity index (χ1v) is 12.1. The summed E-state index contributed by atoms with van der Waals surface area (Å²) in [5.41, 5.74) is -0.672. The number of benzene rings is 2. The fourth-order valence-corrected chi connectivity index (χ4v) is 5.68. The topological polar surface area (TPSA) is 119 Å². The summed E-state index contributed by atoms with van der Waals surface area (Å²) in [5, 5.41) is 2.87. The Hall–Kier alpha value is -3.16. The largest absolute Gasteiger partial charge is 0.420 e. The number of aromatic nitrogens is 3. The molecular weight excluding hydrogens is 476 g/mol. The molecule has 1 saturated heterocycles. The third-order valence-corrected chi connectivity index (χ3v) is 7.69. The lowest BCUT2D eigenvalue weighted by molar-refractivity contribution is 0.0875. The van der Waals surface area contributed by atoms with Gasteiger partial charge in [-0.3, -0.25) is 9.29 Å². The van der Waals surface area contributed by atoms with Crippen molar-refractivity contribution in [3.8, 4) is 0 Å². The monoisotopic (exact) mass is 493 g/mol. The van der Waals surface area contributed by atoms with Gasteiger partial charge in [-0.25, -0.2) is 27.0 Å². The molecule has 0 bridgehead atoms. The van der Waals surface area contributed by atoms with E-state index in [0.29, 0.717) is 11.1 Å². The minimum Gasteiger partial charge on any atom is -0.408 e. The fourth-order valence-electron chi connectivity index (χ4n) is 3.94. The molecule has 1 fully saturated rings. The van der Waals surface area contributed by atoms with Gasteiger partial charge >= 0.3 is 5.76 Å². The maximum Gasteiger partial charge on any atom is 0.420 e. The molecule has 5 rings (SSSR count). The molecule has 1 atom stereocenters. The molecule has 9 nitrogen and oxygen atoms in total. The van der Waals surface area contributed by atoms with E-state index in [0.717, 1.165) is 30.0 Å². The summed E-state index contributed by atoms with van der Waals surface area (Å²) in [6.07, 6.45) is 1.15. The highest BCUT2D eigenvalue weighted by Gasteiger charge is 2.41. The van der Waals surface area contributed by atoms with Crippen LogP contribution in [-0.2, 0) is 15.7 Å². The van der Waals surface area contributed by atoms with E-state index in [1.807, 2.05) is 0 Å². The van der Waals surface area contributed by atoms with Crippen LogP contribution in [0.25, 0.3) is 11.1 Å². The predicted molar refractivity (Wildman–Crippen MR) is 117 cm³/mol. The van der Waals surface area contributed by atoms with Crippen molar-refractivity contribution < 1.29 is 21.6 Å². The number of nitrogens with zero attached hydrogens (tertiary/aromatic N) is 3. The van der Waals surface area contributed by atoms with E-state index in [-0.39, 0.29) is 29.3 Å². The van der Waals surface area contributed by atoms with E-state index in [1.54, 1.807) is 31.2 Å². The van der Waals surface area contributed by atoms with Crippen LogP contribution in [0.2, 0.25) is 0 Å². The van der Waals surface area contributed by atoms with Crippen molar-refractivity contribution in [3.05, 3.63) is 70.2 Å². The van der Waals surface area contributed by atoms with Gasteiger partial charge in [-0.2, -0.15) is 4.37 Å². The molecule has 0 radical (unpaired) electrons. The zero-order valence-electron chi connectivity index (χ0n) is 17.1. The van der Waals surface area contributed by atoms with Gasteiger partial charge in [0.15, 0.2) is 11.3 Å². The maximum absolute atomic E-state index is 15.2. The summed E-state index contributed by atoms with van der Waals surface area (Å²) >= 11 is 0.785. The summed E-state index contributed by atoms with van der Waals surface area (Å²) in [4.78, 5) is 15.7. The number of rotatable bonds is 6. The molecule has 13 heteroatoms. The van der Waals surface area contributed by atoms with Gasteiger partial charge in [-0.1, -0.05) is 24.3 Å². The summed E-state index contributed by atoms with van der Waals surface area (Å²) in [6, 6.07) is 7.95. The summed E-state index contributed by atoms with van der Waals surface area (Å²) < 4.78 is 67.6. The van der Waals surface area contributed by atoms with Gasteiger partial charge in [0.25, 0.3) is 10.0 Å². The standard InChI is InChI=1S/C20H17F2N5O4S2/c1-11(12-4-2-3-5-13(12)20(22)8-23-9-20)27-15-6-14(21)17(7-16(15)31-19(27)28)33(29,30)26-18-24-10-25-32-18/h2-7,10-11,23H,8-9H2,1H3,(H,24,25,26)/t11-/m1/s1. The van der Waals surface area contributed by atoms with Crippen molar-refractivity contribution in [2.24, 2.45) is 0 Å². The highest BCUT2D eigenvalue weighted by atomic mass is 32.2. The van der Waals surface area contributed by atoms with Crippen LogP contribution < -0.4 is 15.8 Å². The molecule has 1 aliphatic heterocycles. The fraction of sp³-hybridized carbons (Fsp3) is 0.250. The van der Waals surface area contributed by atoms with Crippen LogP contribution in [0.15, 0.2) is 56.8 Å². The van der Waals surface area contributed by atoms with Gasteiger partial charge in [-0.15, -0.1) is 0 Å². The molecule has 0 spiro atoms. The molecule has 0 aliphatic carbocycles. The van der Waals surface area contributed by atoms with Crippen molar-refractivity contribution in [2.45, 2.75) is 23.5 Å². The van der Waals surface area contributed by atoms with Crippen molar-refractivity contribution >= 4 is 37.8 Å². The number of nitrogens with one attached hydrogen (secondary N) is 2. The van der Waals surface area contributed by atoms with Gasteiger partial charge in [0, 0.05) is 36.8 Å². The van der Waals surface area contributed by atoms with Gasteiger partial charge in [0.2, 0.25) is 5.13 Å². The molecule has 0 amide bonds. The molecule has 4 aromatic rings. The summed E-state index contributed by atoms with van der Waals surface area (Å²) in [7, 11) is -4.35. The van der Waals surface area contributed by atoms with E-state index < -0.39 is 38.2 Å². The second kappa shape index (κ2) is 7.71. The summed E-state index contributed by atoms with van der Waals surface area (Å²) in [6.45, 7) is 1.97. The van der Waals surface area contributed by atoms with Crippen LogP contribution in [-0.4, -0.2) is 35.4 Å². The Morgan fingerprint density at radius 2 is 2.06 bits per heavy atom. The molecule has 172 valence electrons. The van der Waals surface area contributed by atoms with E-state index >= 15 is 4.39 Å². The lowest BCUT2D eigenvalue weighted by Crippen LogP contribution is -2.54. The number of hydrogen-bond donors (Lipinski definition) is 2. The van der Waals surface area contributed by atoms with Crippen molar-refractivity contribution in [3.63, 3.8) is 0 Å². The SMILES string of the molecule is C[C@H](c1ccccc1C1(F)CNC1)n1c(=O)oc2cc(S(=O)(=O)Nc3ncns3)c(F)cc21. The zero-order valence-corrected chi connectivity index (χ0v) is 18.7. The number of sulfonamides is 1. The first-order valence-electron chi connectivity index (χ1n) is 9.83. The Balaban J connectivity index is 1.60. The van der Waals surface area contributed by atoms with Gasteiger partial charge < -0.3 is 9.73 Å². The van der Waals surface area contributed by atoms with Crippen LogP contribution in [0.5, 0.6) is 0 Å². The first-order chi connectivity index (χ1) is 15.7. The average molecular weight is 494 g/mol. The molecule has 0 saturated carbocycles. The smallest absolute Gasteiger partial charge is 0.408 e. The third-order valence-electron chi connectivity index (χ3n) is 5.63. The van der Waals surface area contributed by atoms with Gasteiger partial charge in [0.05, 0.1) is 11.6 Å². The second-order valence-electron chi connectivity index (χ2n) is 7.67. The van der Waals surface area contributed by atoms with E-state index in [4.69, 9.17) is 4.42 Å². The van der Waals surface area contributed by atoms with Crippen LogP contribution in [0.4, 0.5) is 13.9 Å². The molecular formula is C20H17F2N5O4S2. The highest BCUT2D eigenvalue weighted by Crippen LogP contribution is 2.37. The minimum atomic E-state index is -4.35. The zero-order chi connectivity index (χ0) is 23.4. The molecule has 33 heavy (non-hydrogen) atoms. The Labute approximate surface area is 190 Å². The number of fused-ring (bicyclic) bond motifs is 1. The molecule has 2 N–H and O–H groups in total. The van der Waals surface area contributed by atoms with Gasteiger partial charge in [-0.05, 0) is 18.1 Å². The number of oxazole rings is 1. The lowest BCUT2D eigenvalue weighted by Gasteiger charge is -2.37. The van der Waals surface area contributed by atoms with E-state index in [9.17, 15) is 17.6 Å². The van der Waals surface area contributed by atoms with Crippen LogP contribution in [0, 0.1) is 5.82 Å². The van der Waals surface area contributed by atoms with Crippen molar-refractivity contribution in [1.82, 2.24) is 19.2 Å². The van der Waals surface area contributed by atoms with E-state index in [1.165, 1.54) is 4.57 Å². The number of halogens is 2. The highest BCUT2D eigenvalue weighted by molar-refractivity contribution is 7.93. The van der Waals surface area contributed by atoms with Crippen LogP contribution in [0.1, 0.15) is 24.1 Å². The number of anilines is 1. The second-order valence-corrected chi connectivity index (χ2v) is 10.1. The molecule has 0 unspecified atom stereocenters. The average Bonchev–Trinajstić information content (AvgIpc) is 3.37. The normalized spacial score (nSPS) is 16.5. The van der Waals surface area contributed by atoms with Crippen LogP contribution in [0.3, 0.4) is 0 Å². The molecule has 2 aromatic carbocycles. The predicted octanol–water partition coefficient (Wildman–Crippen LogP) is 2.76. The lowest BCUT2D eigenvalue weighted by atomic mass is 9.84. The number of hydrogen-bond acceptors (Lipinski definition) is 8. The molecule has 2 aromatic heterocycles. The Bertz CT molecular complexity index is 1510. The van der Waals surface area contributed by atoms with Crippen molar-refractivity contribution in [1.29, 1.82) is 0 Å². The van der Waals surface area contributed by atoms with Crippen LogP contribution >= 0.6 is 11.5 Å². The van der Waals surface area contributed by atoms with E-state index in [2.05, 4.69) is 19.4 Å². The molecule has 1 aliphatic rings. The van der Waals surface area contributed by atoms with Gasteiger partial charge in [0.1, 0.15) is 17.0 Å². The Kier molecular flexibility index (Phi) is 5.06. The maximum atomic E-state index is 15.2. The Morgan fingerprint density at radius 3 is 2.73 bits per heavy atom.